The van der Waals surface area contributed by atoms with Crippen LogP contribution in [0.2, 0.25) is 0 Å². The molecule has 2 aromatic rings. The number of carbonyl (C=O) groups is 1. The molecule has 116 valence electrons. The summed E-state index contributed by atoms with van der Waals surface area (Å²) in [5, 5.41) is 27.0. The highest BCUT2D eigenvalue weighted by Gasteiger charge is 2.38. The molecule has 2 atom stereocenters. The zero-order valence-electron chi connectivity index (χ0n) is 12.1. The Hall–Kier alpha value is -2.25. The topological polar surface area (TPSA) is 107 Å². The summed E-state index contributed by atoms with van der Waals surface area (Å²) in [7, 11) is 0. The van der Waals surface area contributed by atoms with E-state index in [4.69, 9.17) is 0 Å². The van der Waals surface area contributed by atoms with Crippen molar-refractivity contribution in [1.29, 1.82) is 0 Å². The molecule has 0 spiro atoms. The molecule has 7 nitrogen and oxygen atoms in total. The molecule has 1 aromatic carbocycles. The van der Waals surface area contributed by atoms with E-state index < -0.39 is 11.7 Å². The van der Waals surface area contributed by atoms with Gasteiger partial charge in [-0.05, 0) is 19.4 Å². The van der Waals surface area contributed by atoms with Gasteiger partial charge in [0.05, 0.1) is 17.1 Å². The number of nitrogens with zero attached hydrogens (tertiary/aromatic N) is 2. The first kappa shape index (κ1) is 14.7. The molecule has 3 N–H and O–H groups in total. The molecule has 0 unspecified atom stereocenters. The fourth-order valence-electron chi connectivity index (χ4n) is 2.64. The second-order valence-corrected chi connectivity index (χ2v) is 5.82. The van der Waals surface area contributed by atoms with Gasteiger partial charge in [-0.25, -0.2) is 5.10 Å². The Balaban J connectivity index is 1.97. The SMILES string of the molecule is C[C@@]1(O)CCN(C(=O)c2n[nH]c(=O)c3ccccc23)C[C@H]1O. The number of H-pyrrole nitrogens is 1. The van der Waals surface area contributed by atoms with Crippen LogP contribution in [0.3, 0.4) is 0 Å². The van der Waals surface area contributed by atoms with Gasteiger partial charge in [-0.3, -0.25) is 9.59 Å². The number of aromatic nitrogens is 2. The van der Waals surface area contributed by atoms with E-state index in [2.05, 4.69) is 10.2 Å². The third kappa shape index (κ3) is 2.38. The zero-order chi connectivity index (χ0) is 15.9. The lowest BCUT2D eigenvalue weighted by Crippen LogP contribution is -2.55. The van der Waals surface area contributed by atoms with Crippen LogP contribution >= 0.6 is 0 Å². The van der Waals surface area contributed by atoms with Crippen LogP contribution in [0.25, 0.3) is 10.8 Å². The van der Waals surface area contributed by atoms with Crippen molar-refractivity contribution in [3.63, 3.8) is 0 Å². The first-order chi connectivity index (χ1) is 10.4. The molecular formula is C15H17N3O4. The average Bonchev–Trinajstić information content (AvgIpc) is 2.50. The molecule has 1 saturated heterocycles. The smallest absolute Gasteiger partial charge is 0.275 e. The molecule has 0 radical (unpaired) electrons. The number of aromatic amines is 1. The Morgan fingerprint density at radius 3 is 2.77 bits per heavy atom. The minimum Gasteiger partial charge on any atom is -0.388 e. The molecule has 1 aromatic heterocycles. The van der Waals surface area contributed by atoms with Gasteiger partial charge in [-0.2, -0.15) is 5.10 Å². The number of fused-ring (bicyclic) bond motifs is 1. The van der Waals surface area contributed by atoms with Crippen molar-refractivity contribution in [2.75, 3.05) is 13.1 Å². The van der Waals surface area contributed by atoms with Crippen molar-refractivity contribution in [2.45, 2.75) is 25.0 Å². The molecule has 1 amide bonds. The summed E-state index contributed by atoms with van der Waals surface area (Å²) in [6.45, 7) is 1.89. The zero-order valence-corrected chi connectivity index (χ0v) is 12.1. The number of hydrogen-bond acceptors (Lipinski definition) is 5. The van der Waals surface area contributed by atoms with E-state index in [-0.39, 0.29) is 30.1 Å². The van der Waals surface area contributed by atoms with Crippen molar-refractivity contribution in [3.8, 4) is 0 Å². The second-order valence-electron chi connectivity index (χ2n) is 5.82. The predicted molar refractivity (Wildman–Crippen MR) is 79.5 cm³/mol. The van der Waals surface area contributed by atoms with Gasteiger partial charge in [0.15, 0.2) is 5.69 Å². The van der Waals surface area contributed by atoms with Crippen molar-refractivity contribution in [1.82, 2.24) is 15.1 Å². The third-order valence-corrected chi connectivity index (χ3v) is 4.18. The number of benzene rings is 1. The lowest BCUT2D eigenvalue weighted by Gasteiger charge is -2.39. The minimum absolute atomic E-state index is 0.0287. The molecule has 1 fully saturated rings. The van der Waals surface area contributed by atoms with E-state index in [1.807, 2.05) is 0 Å². The fraction of sp³-hybridized carbons (Fsp3) is 0.400. The van der Waals surface area contributed by atoms with E-state index in [0.717, 1.165) is 0 Å². The Kier molecular flexibility index (Phi) is 3.46. The van der Waals surface area contributed by atoms with Gasteiger partial charge in [0, 0.05) is 18.5 Å². The highest BCUT2D eigenvalue weighted by Crippen LogP contribution is 2.24. The number of rotatable bonds is 1. The molecule has 7 heteroatoms. The summed E-state index contributed by atoms with van der Waals surface area (Å²) >= 11 is 0. The first-order valence-electron chi connectivity index (χ1n) is 7.07. The number of carbonyl (C=O) groups excluding carboxylic acids is 1. The molecule has 22 heavy (non-hydrogen) atoms. The molecule has 3 rings (SSSR count). The van der Waals surface area contributed by atoms with E-state index in [1.54, 1.807) is 31.2 Å². The van der Waals surface area contributed by atoms with Gasteiger partial charge >= 0.3 is 0 Å². The number of aliphatic hydroxyl groups is 2. The van der Waals surface area contributed by atoms with Crippen LogP contribution in [-0.2, 0) is 0 Å². The molecule has 0 saturated carbocycles. The summed E-state index contributed by atoms with van der Waals surface area (Å²) in [5.41, 5.74) is -1.41. The van der Waals surface area contributed by atoms with Gasteiger partial charge in [0.2, 0.25) is 0 Å². The second kappa shape index (κ2) is 5.19. The Morgan fingerprint density at radius 2 is 2.09 bits per heavy atom. The molecule has 1 aliphatic heterocycles. The lowest BCUT2D eigenvalue weighted by molar-refractivity contribution is -0.0999. The van der Waals surface area contributed by atoms with E-state index >= 15 is 0 Å². The van der Waals surface area contributed by atoms with E-state index in [1.165, 1.54) is 4.90 Å². The van der Waals surface area contributed by atoms with Crippen molar-refractivity contribution >= 4 is 16.7 Å². The minimum atomic E-state index is -1.20. The first-order valence-corrected chi connectivity index (χ1v) is 7.07. The number of piperidine rings is 1. The summed E-state index contributed by atoms with van der Waals surface area (Å²) < 4.78 is 0. The normalized spacial score (nSPS) is 25.4. The summed E-state index contributed by atoms with van der Waals surface area (Å²) in [6, 6.07) is 6.74. The monoisotopic (exact) mass is 303 g/mol. The maximum absolute atomic E-state index is 12.6. The summed E-state index contributed by atoms with van der Waals surface area (Å²) in [5.74, 6) is -0.373. The number of nitrogens with one attached hydrogen (secondary N) is 1. The maximum atomic E-state index is 12.6. The van der Waals surface area contributed by atoms with Crippen LogP contribution < -0.4 is 5.56 Å². The quantitative estimate of drug-likeness (QED) is 0.681. The average molecular weight is 303 g/mol. The van der Waals surface area contributed by atoms with Crippen LogP contribution in [0.5, 0.6) is 0 Å². The van der Waals surface area contributed by atoms with Crippen LogP contribution in [0.4, 0.5) is 0 Å². The number of aliphatic hydroxyl groups excluding tert-OH is 1. The summed E-state index contributed by atoms with van der Waals surface area (Å²) in [4.78, 5) is 25.8. The van der Waals surface area contributed by atoms with Crippen LogP contribution in [-0.4, -0.2) is 56.0 Å². The Labute approximate surface area is 126 Å². The van der Waals surface area contributed by atoms with Gasteiger partial charge in [-0.1, -0.05) is 18.2 Å². The summed E-state index contributed by atoms with van der Waals surface area (Å²) in [6.07, 6.45) is -0.736. The van der Waals surface area contributed by atoms with E-state index in [0.29, 0.717) is 17.3 Å². The van der Waals surface area contributed by atoms with Crippen molar-refractivity contribution in [2.24, 2.45) is 0 Å². The van der Waals surface area contributed by atoms with Gasteiger partial charge < -0.3 is 15.1 Å². The molecule has 0 bridgehead atoms. The Morgan fingerprint density at radius 1 is 1.41 bits per heavy atom. The van der Waals surface area contributed by atoms with Crippen molar-refractivity contribution in [3.05, 3.63) is 40.3 Å². The van der Waals surface area contributed by atoms with Gasteiger partial charge in [-0.15, -0.1) is 0 Å². The van der Waals surface area contributed by atoms with Gasteiger partial charge in [0.25, 0.3) is 11.5 Å². The van der Waals surface area contributed by atoms with Crippen LogP contribution in [0, 0.1) is 0 Å². The third-order valence-electron chi connectivity index (χ3n) is 4.18. The molecule has 0 aliphatic carbocycles. The molecular weight excluding hydrogens is 286 g/mol. The number of β-amino-alcohol motifs (C(OH)–C–C–N with tert-alkyl or cyclic N) is 1. The standard InChI is InChI=1S/C15H17N3O4/c1-15(22)6-7-18(8-11(15)19)14(21)12-9-4-2-3-5-10(9)13(20)17-16-12/h2-5,11,19,22H,6-8H2,1H3,(H,17,20)/t11-,15-/m1/s1. The highest BCUT2D eigenvalue weighted by atomic mass is 16.3. The number of amides is 1. The number of hydrogen-bond donors (Lipinski definition) is 3. The predicted octanol–water partition coefficient (Wildman–Crippen LogP) is -0.119. The maximum Gasteiger partial charge on any atom is 0.275 e. The van der Waals surface area contributed by atoms with Crippen molar-refractivity contribution < 1.29 is 15.0 Å². The fourth-order valence-corrected chi connectivity index (χ4v) is 2.64. The Bertz CT molecular complexity index is 784. The number of likely N-dealkylation sites (tertiary alicyclic amines) is 1. The highest BCUT2D eigenvalue weighted by molar-refractivity contribution is 6.04. The lowest BCUT2D eigenvalue weighted by atomic mass is 9.90. The molecule has 1 aliphatic rings. The van der Waals surface area contributed by atoms with Crippen LogP contribution in [0.15, 0.2) is 29.1 Å². The van der Waals surface area contributed by atoms with E-state index in [9.17, 15) is 19.8 Å². The molecule has 2 heterocycles. The van der Waals surface area contributed by atoms with Gasteiger partial charge in [0.1, 0.15) is 0 Å². The van der Waals surface area contributed by atoms with Crippen LogP contribution in [0.1, 0.15) is 23.8 Å². The largest absolute Gasteiger partial charge is 0.388 e.